The molecule has 22 heavy (non-hydrogen) atoms. The third kappa shape index (κ3) is 2.76. The number of benzene rings is 1. The van der Waals surface area contributed by atoms with Crippen molar-refractivity contribution in [2.24, 2.45) is 0 Å². The molecule has 1 aliphatic heterocycles. The number of aryl methyl sites for hydroxylation is 2. The standard InChI is InChI=1S/C17H21N3O2/c1-11-16(22-12(2)18-11)17(21)20(4)8-13-5-6-14-9-19(3)10-15(14)7-13/h5-7H,8-10H2,1-4H3. The van der Waals surface area contributed by atoms with Crippen molar-refractivity contribution < 1.29 is 9.21 Å². The van der Waals surface area contributed by atoms with Gasteiger partial charge in [-0.3, -0.25) is 9.69 Å². The molecule has 116 valence electrons. The summed E-state index contributed by atoms with van der Waals surface area (Å²) in [6, 6.07) is 6.46. The summed E-state index contributed by atoms with van der Waals surface area (Å²) < 4.78 is 5.41. The van der Waals surface area contributed by atoms with E-state index < -0.39 is 0 Å². The van der Waals surface area contributed by atoms with Gasteiger partial charge in [0.05, 0.1) is 5.69 Å². The van der Waals surface area contributed by atoms with Crippen LogP contribution in [0.25, 0.3) is 0 Å². The van der Waals surface area contributed by atoms with Gasteiger partial charge in [-0.15, -0.1) is 0 Å². The van der Waals surface area contributed by atoms with Crippen LogP contribution in [0.5, 0.6) is 0 Å². The SMILES string of the molecule is Cc1nc(C)c(C(=O)N(C)Cc2ccc3c(c2)CN(C)C3)o1. The second-order valence-corrected chi connectivity index (χ2v) is 6.08. The number of nitrogens with zero attached hydrogens (tertiary/aromatic N) is 3. The van der Waals surface area contributed by atoms with E-state index in [-0.39, 0.29) is 5.91 Å². The minimum Gasteiger partial charge on any atom is -0.436 e. The van der Waals surface area contributed by atoms with E-state index in [1.54, 1.807) is 25.8 Å². The number of rotatable bonds is 3. The van der Waals surface area contributed by atoms with Gasteiger partial charge in [-0.1, -0.05) is 18.2 Å². The Kier molecular flexibility index (Phi) is 3.74. The van der Waals surface area contributed by atoms with Gasteiger partial charge >= 0.3 is 0 Å². The van der Waals surface area contributed by atoms with Crippen molar-refractivity contribution in [1.29, 1.82) is 0 Å². The number of carbonyl (C=O) groups excluding carboxylic acids is 1. The topological polar surface area (TPSA) is 49.6 Å². The van der Waals surface area contributed by atoms with Crippen molar-refractivity contribution in [3.05, 3.63) is 52.2 Å². The van der Waals surface area contributed by atoms with Crippen LogP contribution in [0.4, 0.5) is 0 Å². The first-order valence-corrected chi connectivity index (χ1v) is 7.42. The number of fused-ring (bicyclic) bond motifs is 1. The zero-order valence-electron chi connectivity index (χ0n) is 13.5. The third-order valence-corrected chi connectivity index (χ3v) is 4.02. The van der Waals surface area contributed by atoms with E-state index in [9.17, 15) is 4.79 Å². The number of hydrogen-bond donors (Lipinski definition) is 0. The van der Waals surface area contributed by atoms with E-state index in [4.69, 9.17) is 4.42 Å². The van der Waals surface area contributed by atoms with Crippen molar-refractivity contribution in [1.82, 2.24) is 14.8 Å². The largest absolute Gasteiger partial charge is 0.436 e. The number of oxazole rings is 1. The highest BCUT2D eigenvalue weighted by molar-refractivity contribution is 5.92. The third-order valence-electron chi connectivity index (χ3n) is 4.02. The quantitative estimate of drug-likeness (QED) is 0.874. The molecule has 2 heterocycles. The number of amides is 1. The fraction of sp³-hybridized carbons (Fsp3) is 0.412. The summed E-state index contributed by atoms with van der Waals surface area (Å²) >= 11 is 0. The maximum Gasteiger partial charge on any atom is 0.291 e. The maximum atomic E-state index is 12.5. The van der Waals surface area contributed by atoms with Crippen LogP contribution >= 0.6 is 0 Å². The molecular formula is C17H21N3O2. The van der Waals surface area contributed by atoms with Gasteiger partial charge in [-0.2, -0.15) is 0 Å². The van der Waals surface area contributed by atoms with Gasteiger partial charge in [0.25, 0.3) is 5.91 Å². The Morgan fingerprint density at radius 3 is 2.73 bits per heavy atom. The lowest BCUT2D eigenvalue weighted by Crippen LogP contribution is -2.26. The first-order valence-electron chi connectivity index (χ1n) is 7.42. The molecule has 0 fully saturated rings. The molecule has 0 aliphatic carbocycles. The first-order chi connectivity index (χ1) is 10.4. The lowest BCUT2D eigenvalue weighted by Gasteiger charge is -2.16. The van der Waals surface area contributed by atoms with Crippen molar-refractivity contribution in [3.63, 3.8) is 0 Å². The van der Waals surface area contributed by atoms with Gasteiger partial charge in [-0.05, 0) is 30.7 Å². The van der Waals surface area contributed by atoms with E-state index in [1.165, 1.54) is 11.1 Å². The molecule has 5 nitrogen and oxygen atoms in total. The van der Waals surface area contributed by atoms with Crippen LogP contribution in [-0.4, -0.2) is 34.8 Å². The highest BCUT2D eigenvalue weighted by Gasteiger charge is 2.21. The molecule has 0 spiro atoms. The second-order valence-electron chi connectivity index (χ2n) is 6.08. The van der Waals surface area contributed by atoms with E-state index in [1.807, 2.05) is 0 Å². The molecule has 1 aromatic carbocycles. The molecule has 3 rings (SSSR count). The van der Waals surface area contributed by atoms with Gasteiger partial charge in [0.2, 0.25) is 5.76 Å². The molecule has 0 bridgehead atoms. The van der Waals surface area contributed by atoms with Crippen LogP contribution in [0, 0.1) is 13.8 Å². The monoisotopic (exact) mass is 299 g/mol. The van der Waals surface area contributed by atoms with Gasteiger partial charge in [0.15, 0.2) is 5.89 Å². The van der Waals surface area contributed by atoms with Gasteiger partial charge in [0, 0.05) is 33.6 Å². The molecule has 1 aliphatic rings. The fourth-order valence-electron chi connectivity index (χ4n) is 2.97. The van der Waals surface area contributed by atoms with Gasteiger partial charge in [-0.25, -0.2) is 4.98 Å². The molecule has 0 saturated carbocycles. The van der Waals surface area contributed by atoms with Crippen molar-refractivity contribution in [2.45, 2.75) is 33.5 Å². The van der Waals surface area contributed by atoms with E-state index >= 15 is 0 Å². The summed E-state index contributed by atoms with van der Waals surface area (Å²) in [5, 5.41) is 0. The van der Waals surface area contributed by atoms with Crippen LogP contribution in [0.3, 0.4) is 0 Å². The smallest absolute Gasteiger partial charge is 0.291 e. The lowest BCUT2D eigenvalue weighted by atomic mass is 10.1. The number of aromatic nitrogens is 1. The minimum atomic E-state index is -0.129. The molecule has 1 amide bonds. The second kappa shape index (κ2) is 5.57. The Morgan fingerprint density at radius 1 is 1.32 bits per heavy atom. The predicted octanol–water partition coefficient (Wildman–Crippen LogP) is 2.51. The van der Waals surface area contributed by atoms with Crippen molar-refractivity contribution in [3.8, 4) is 0 Å². The average molecular weight is 299 g/mol. The summed E-state index contributed by atoms with van der Waals surface area (Å²) in [6.45, 7) is 6.08. The number of hydrogen-bond acceptors (Lipinski definition) is 4. The Labute approximate surface area is 130 Å². The summed E-state index contributed by atoms with van der Waals surface area (Å²) in [7, 11) is 3.91. The molecule has 1 aromatic heterocycles. The Balaban J connectivity index is 1.74. The van der Waals surface area contributed by atoms with Gasteiger partial charge in [0.1, 0.15) is 0 Å². The van der Waals surface area contributed by atoms with E-state index in [0.29, 0.717) is 23.9 Å². The van der Waals surface area contributed by atoms with Crippen LogP contribution in [-0.2, 0) is 19.6 Å². The van der Waals surface area contributed by atoms with E-state index in [2.05, 4.69) is 35.1 Å². The lowest BCUT2D eigenvalue weighted by molar-refractivity contribution is 0.0751. The van der Waals surface area contributed by atoms with Crippen molar-refractivity contribution in [2.75, 3.05) is 14.1 Å². The van der Waals surface area contributed by atoms with E-state index in [0.717, 1.165) is 18.7 Å². The average Bonchev–Trinajstić information content (AvgIpc) is 2.98. The van der Waals surface area contributed by atoms with Crippen LogP contribution in [0.1, 0.15) is 38.8 Å². The highest BCUT2D eigenvalue weighted by Crippen LogP contribution is 2.23. The molecule has 0 unspecified atom stereocenters. The summed E-state index contributed by atoms with van der Waals surface area (Å²) in [5.74, 6) is 0.728. The fourth-order valence-corrected chi connectivity index (χ4v) is 2.97. The van der Waals surface area contributed by atoms with Crippen LogP contribution in [0.15, 0.2) is 22.6 Å². The normalized spacial score (nSPS) is 14.2. The first kappa shape index (κ1) is 14.8. The molecule has 0 atom stereocenters. The maximum absolute atomic E-state index is 12.5. The summed E-state index contributed by atoms with van der Waals surface area (Å²) in [6.07, 6.45) is 0. The highest BCUT2D eigenvalue weighted by atomic mass is 16.4. The van der Waals surface area contributed by atoms with Crippen LogP contribution in [0.2, 0.25) is 0 Å². The summed E-state index contributed by atoms with van der Waals surface area (Å²) in [4.78, 5) is 20.6. The Hall–Kier alpha value is -2.14. The van der Waals surface area contributed by atoms with Crippen molar-refractivity contribution >= 4 is 5.91 Å². The van der Waals surface area contributed by atoms with Gasteiger partial charge < -0.3 is 9.32 Å². The predicted molar refractivity (Wildman–Crippen MR) is 83.4 cm³/mol. The molecule has 5 heteroatoms. The van der Waals surface area contributed by atoms with Crippen LogP contribution < -0.4 is 0 Å². The minimum absolute atomic E-state index is 0.129. The molecule has 0 saturated heterocycles. The molecule has 2 aromatic rings. The zero-order chi connectivity index (χ0) is 15.9. The zero-order valence-corrected chi connectivity index (χ0v) is 13.5. The molecule has 0 radical (unpaired) electrons. The molecule has 0 N–H and O–H groups in total. The molecular weight excluding hydrogens is 278 g/mol. The Bertz CT molecular complexity index is 721. The summed E-state index contributed by atoms with van der Waals surface area (Å²) in [5.41, 5.74) is 4.51. The Morgan fingerprint density at radius 2 is 2.05 bits per heavy atom. The number of carbonyl (C=O) groups is 1.